The molecule has 2 aromatic rings. The minimum absolute atomic E-state index is 0.0618. The number of carbonyl (C=O) groups excluding carboxylic acids is 1. The number of benzene rings is 2. The molecule has 7 heteroatoms. The Hall–Kier alpha value is -2.48. The van der Waals surface area contributed by atoms with E-state index in [2.05, 4.69) is 17.4 Å². The van der Waals surface area contributed by atoms with Gasteiger partial charge in [-0.2, -0.15) is 4.31 Å². The summed E-state index contributed by atoms with van der Waals surface area (Å²) in [6.45, 7) is 2.11. The molecule has 0 atom stereocenters. The van der Waals surface area contributed by atoms with Gasteiger partial charge in [0.15, 0.2) is 0 Å². The summed E-state index contributed by atoms with van der Waals surface area (Å²) in [5, 5.41) is 4.24. The Balaban J connectivity index is 1.27. The van der Waals surface area contributed by atoms with Crippen molar-refractivity contribution in [3.8, 4) is 0 Å². The van der Waals surface area contributed by atoms with Crippen molar-refractivity contribution in [2.24, 2.45) is 0 Å². The highest BCUT2D eigenvalue weighted by Gasteiger charge is 2.26. The number of carbonyl (C=O) groups is 1. The van der Waals surface area contributed by atoms with E-state index >= 15 is 0 Å². The highest BCUT2D eigenvalue weighted by molar-refractivity contribution is 7.92. The van der Waals surface area contributed by atoms with Gasteiger partial charge < -0.3 is 5.32 Å². The molecule has 0 unspecified atom stereocenters. The van der Waals surface area contributed by atoms with Crippen molar-refractivity contribution in [2.45, 2.75) is 19.3 Å². The van der Waals surface area contributed by atoms with Crippen LogP contribution in [0.2, 0.25) is 0 Å². The average molecular weight is 426 g/mol. The predicted molar refractivity (Wildman–Crippen MR) is 120 cm³/mol. The van der Waals surface area contributed by atoms with Gasteiger partial charge >= 0.3 is 0 Å². The van der Waals surface area contributed by atoms with Gasteiger partial charge in [0.05, 0.1) is 6.54 Å². The Morgan fingerprint density at radius 2 is 1.70 bits per heavy atom. The van der Waals surface area contributed by atoms with Crippen LogP contribution >= 0.6 is 0 Å². The molecule has 0 radical (unpaired) electrons. The summed E-state index contributed by atoms with van der Waals surface area (Å²) in [4.78, 5) is 14.4. The van der Waals surface area contributed by atoms with Gasteiger partial charge in [-0.25, -0.2) is 8.42 Å². The lowest BCUT2D eigenvalue weighted by Gasteiger charge is -2.32. The van der Waals surface area contributed by atoms with Crippen LogP contribution in [-0.2, 0) is 27.7 Å². The van der Waals surface area contributed by atoms with Crippen LogP contribution < -0.4 is 5.32 Å². The van der Waals surface area contributed by atoms with Gasteiger partial charge in [-0.15, -0.1) is 0 Å². The van der Waals surface area contributed by atoms with Crippen LogP contribution in [0.4, 0.5) is 5.69 Å². The number of nitrogens with zero attached hydrogens (tertiary/aromatic N) is 2. The zero-order valence-electron chi connectivity index (χ0n) is 17.0. The molecule has 1 amide bonds. The number of hydrogen-bond donors (Lipinski definition) is 1. The van der Waals surface area contributed by atoms with Crippen molar-refractivity contribution in [3.05, 3.63) is 70.6 Å². The summed E-state index contributed by atoms with van der Waals surface area (Å²) in [7, 11) is -3.46. The van der Waals surface area contributed by atoms with E-state index in [-0.39, 0.29) is 12.5 Å². The molecule has 1 saturated heterocycles. The molecule has 1 N–H and O–H groups in total. The van der Waals surface area contributed by atoms with Gasteiger partial charge in [-0.05, 0) is 54.2 Å². The topological polar surface area (TPSA) is 69.7 Å². The van der Waals surface area contributed by atoms with Crippen LogP contribution in [-0.4, -0.2) is 56.3 Å². The molecular formula is C23H27N3O3S. The Bertz CT molecular complexity index is 1030. The first-order chi connectivity index (χ1) is 14.5. The summed E-state index contributed by atoms with van der Waals surface area (Å²) in [5.74, 6) is -0.0618. The summed E-state index contributed by atoms with van der Waals surface area (Å²) < 4.78 is 26.6. The fourth-order valence-corrected chi connectivity index (χ4v) is 5.18. The predicted octanol–water partition coefficient (Wildman–Crippen LogP) is 2.73. The van der Waals surface area contributed by atoms with Gasteiger partial charge in [0, 0.05) is 37.3 Å². The van der Waals surface area contributed by atoms with Crippen molar-refractivity contribution in [3.63, 3.8) is 0 Å². The number of sulfonamides is 1. The maximum Gasteiger partial charge on any atom is 0.238 e. The molecule has 158 valence electrons. The first-order valence-electron chi connectivity index (χ1n) is 10.4. The Morgan fingerprint density at radius 1 is 0.967 bits per heavy atom. The molecule has 0 aromatic heterocycles. The highest BCUT2D eigenvalue weighted by Crippen LogP contribution is 2.24. The summed E-state index contributed by atoms with van der Waals surface area (Å²) in [6, 6.07) is 15.5. The van der Waals surface area contributed by atoms with Crippen molar-refractivity contribution in [1.29, 1.82) is 0 Å². The second-order valence-corrected chi connectivity index (χ2v) is 9.64. The van der Waals surface area contributed by atoms with E-state index in [1.165, 1.54) is 27.3 Å². The molecule has 2 aromatic carbocycles. The largest absolute Gasteiger partial charge is 0.325 e. The van der Waals surface area contributed by atoms with Gasteiger partial charge in [0.2, 0.25) is 15.9 Å². The monoisotopic (exact) mass is 425 g/mol. The fraction of sp³-hybridized carbons (Fsp3) is 0.348. The van der Waals surface area contributed by atoms with E-state index in [0.717, 1.165) is 24.1 Å². The van der Waals surface area contributed by atoms with E-state index in [4.69, 9.17) is 0 Å². The van der Waals surface area contributed by atoms with Crippen LogP contribution in [0, 0.1) is 0 Å². The van der Waals surface area contributed by atoms with Crippen LogP contribution in [0.5, 0.6) is 0 Å². The zero-order valence-corrected chi connectivity index (χ0v) is 17.8. The number of anilines is 1. The lowest BCUT2D eigenvalue weighted by atomic mass is 10.1. The molecule has 1 aliphatic heterocycles. The van der Waals surface area contributed by atoms with Crippen LogP contribution in [0.1, 0.15) is 23.1 Å². The summed E-state index contributed by atoms with van der Waals surface area (Å²) in [6.07, 6.45) is 5.00. The molecule has 1 heterocycles. The minimum atomic E-state index is -3.46. The van der Waals surface area contributed by atoms with Crippen molar-refractivity contribution < 1.29 is 13.2 Å². The second-order valence-electron chi connectivity index (χ2n) is 7.82. The van der Waals surface area contributed by atoms with Gasteiger partial charge in [-0.1, -0.05) is 36.4 Å². The standard InChI is InChI=1S/C23H27N3O3S/c27-23(24-22-10-9-20-7-4-8-21(20)17-22)18-25-12-14-26(15-13-25)30(28,29)16-11-19-5-2-1-3-6-19/h1-3,5-6,9-11,16-17H,4,7-8,12-15,18H2,(H,24,27). The second kappa shape index (κ2) is 9.12. The smallest absolute Gasteiger partial charge is 0.238 e. The molecule has 0 saturated carbocycles. The third kappa shape index (κ3) is 5.16. The molecule has 0 spiro atoms. The van der Waals surface area contributed by atoms with Crippen LogP contribution in [0.15, 0.2) is 53.9 Å². The first-order valence-corrected chi connectivity index (χ1v) is 11.9. The molecule has 1 fully saturated rings. The third-order valence-electron chi connectivity index (χ3n) is 5.67. The molecule has 30 heavy (non-hydrogen) atoms. The molecule has 2 aliphatic rings. The van der Waals surface area contributed by atoms with E-state index in [0.29, 0.717) is 26.2 Å². The summed E-state index contributed by atoms with van der Waals surface area (Å²) in [5.41, 5.74) is 4.40. The van der Waals surface area contributed by atoms with Gasteiger partial charge in [0.25, 0.3) is 0 Å². The fourth-order valence-electron chi connectivity index (χ4n) is 4.01. The highest BCUT2D eigenvalue weighted by atomic mass is 32.2. The first kappa shape index (κ1) is 20.8. The van der Waals surface area contributed by atoms with E-state index in [9.17, 15) is 13.2 Å². The Kier molecular flexibility index (Phi) is 6.32. The number of rotatable bonds is 6. The van der Waals surface area contributed by atoms with Crippen molar-refractivity contribution in [1.82, 2.24) is 9.21 Å². The van der Waals surface area contributed by atoms with E-state index in [1.54, 1.807) is 6.08 Å². The molecular weight excluding hydrogens is 398 g/mol. The average Bonchev–Trinajstić information content (AvgIpc) is 3.21. The van der Waals surface area contributed by atoms with Crippen molar-refractivity contribution in [2.75, 3.05) is 38.0 Å². The maximum atomic E-state index is 12.6. The molecule has 0 bridgehead atoms. The van der Waals surface area contributed by atoms with Crippen LogP contribution in [0.25, 0.3) is 6.08 Å². The Labute approximate surface area is 178 Å². The number of amides is 1. The molecule has 6 nitrogen and oxygen atoms in total. The number of fused-ring (bicyclic) bond motifs is 1. The lowest BCUT2D eigenvalue weighted by molar-refractivity contribution is -0.117. The van der Waals surface area contributed by atoms with Gasteiger partial charge in [-0.3, -0.25) is 9.69 Å². The van der Waals surface area contributed by atoms with Gasteiger partial charge in [0.1, 0.15) is 0 Å². The lowest BCUT2D eigenvalue weighted by Crippen LogP contribution is -2.49. The molecule has 4 rings (SSSR count). The normalized spacial score (nSPS) is 17.9. The number of hydrogen-bond acceptors (Lipinski definition) is 4. The zero-order chi connectivity index (χ0) is 21.0. The van der Waals surface area contributed by atoms with E-state index < -0.39 is 10.0 Å². The van der Waals surface area contributed by atoms with Crippen molar-refractivity contribution >= 4 is 27.7 Å². The summed E-state index contributed by atoms with van der Waals surface area (Å²) >= 11 is 0. The third-order valence-corrected chi connectivity index (χ3v) is 7.24. The van der Waals surface area contributed by atoms with Crippen LogP contribution in [0.3, 0.4) is 0 Å². The minimum Gasteiger partial charge on any atom is -0.325 e. The number of piperazine rings is 1. The maximum absolute atomic E-state index is 12.6. The van der Waals surface area contributed by atoms with E-state index in [1.807, 2.05) is 41.3 Å². The Morgan fingerprint density at radius 3 is 2.47 bits per heavy atom. The number of aryl methyl sites for hydroxylation is 2. The molecule has 1 aliphatic carbocycles. The quantitative estimate of drug-likeness (QED) is 0.773. The SMILES string of the molecule is O=C(CN1CCN(S(=O)(=O)C=Cc2ccccc2)CC1)Nc1ccc2c(c1)CCC2. The number of nitrogens with one attached hydrogen (secondary N) is 1.